The zero-order valence-electron chi connectivity index (χ0n) is 13.1. The first-order valence-corrected chi connectivity index (χ1v) is 7.32. The van der Waals surface area contributed by atoms with Gasteiger partial charge in [-0.15, -0.1) is 0 Å². The van der Waals surface area contributed by atoms with Crippen molar-refractivity contribution in [2.45, 2.75) is 13.5 Å². The van der Waals surface area contributed by atoms with Crippen LogP contribution < -0.4 is 9.13 Å². The van der Waals surface area contributed by atoms with Gasteiger partial charge in [0.25, 0.3) is 13.5 Å². The van der Waals surface area contributed by atoms with E-state index in [4.69, 9.17) is 19.9 Å². The van der Waals surface area contributed by atoms with Crippen molar-refractivity contribution in [3.8, 4) is 0 Å². The first kappa shape index (κ1) is 17.5. The summed E-state index contributed by atoms with van der Waals surface area (Å²) in [5.41, 5.74) is 1.46. The Hall–Kier alpha value is -2.84. The highest BCUT2D eigenvalue weighted by Crippen LogP contribution is 1.90. The third-order valence-electron chi connectivity index (χ3n) is 3.16. The summed E-state index contributed by atoms with van der Waals surface area (Å²) in [6, 6.07) is 11.1. The molecule has 8 nitrogen and oxygen atoms in total. The summed E-state index contributed by atoms with van der Waals surface area (Å²) < 4.78 is 14.7. The second-order valence-corrected chi connectivity index (χ2v) is 4.75. The fourth-order valence-electron chi connectivity index (χ4n) is 2.01. The van der Waals surface area contributed by atoms with Gasteiger partial charge in [-0.3, -0.25) is 0 Å². The quantitative estimate of drug-likeness (QED) is 0.230. The van der Waals surface area contributed by atoms with E-state index in [2.05, 4.69) is 10.3 Å². The van der Waals surface area contributed by atoms with Crippen LogP contribution >= 0.6 is 0 Å². The molecule has 2 N–H and O–H groups in total. The number of nitrogens with zero attached hydrogens (tertiary/aromatic N) is 4. The van der Waals surface area contributed by atoms with Crippen LogP contribution in [0.3, 0.4) is 0 Å². The summed E-state index contributed by atoms with van der Waals surface area (Å²) in [7, 11) is 0. The molecule has 0 aliphatic carbocycles. The number of aromatic nitrogens is 2. The van der Waals surface area contributed by atoms with Crippen LogP contribution in [-0.4, -0.2) is 36.1 Å². The lowest BCUT2D eigenvalue weighted by Crippen LogP contribution is -2.40. The van der Waals surface area contributed by atoms with Crippen LogP contribution in [0.15, 0.2) is 59.1 Å². The van der Waals surface area contributed by atoms with E-state index in [1.165, 1.54) is 12.4 Å². The van der Waals surface area contributed by atoms with Gasteiger partial charge in [-0.1, -0.05) is 10.3 Å². The molecule has 2 aromatic rings. The highest BCUT2D eigenvalue weighted by molar-refractivity contribution is 5.74. The predicted octanol–water partition coefficient (Wildman–Crippen LogP) is 0.526. The molecule has 126 valence electrons. The van der Waals surface area contributed by atoms with Crippen molar-refractivity contribution in [3.63, 3.8) is 0 Å². The molecule has 0 atom stereocenters. The highest BCUT2D eigenvalue weighted by Gasteiger charge is 2.08. The summed E-state index contributed by atoms with van der Waals surface area (Å²) in [5, 5.41) is 23.3. The second kappa shape index (κ2) is 10.0. The summed E-state index contributed by atoms with van der Waals surface area (Å²) >= 11 is 0. The Balaban J connectivity index is 1.73. The normalized spacial score (nSPS) is 11.5. The molecule has 0 aliphatic heterocycles. The Kier molecular flexibility index (Phi) is 7.32. The predicted molar refractivity (Wildman–Crippen MR) is 83.9 cm³/mol. The average Bonchev–Trinajstić information content (AvgIpc) is 2.61. The van der Waals surface area contributed by atoms with E-state index in [1.54, 1.807) is 0 Å². The fourth-order valence-corrected chi connectivity index (χ4v) is 2.01. The van der Waals surface area contributed by atoms with Crippen LogP contribution in [0.4, 0.5) is 0 Å². The number of rotatable bonds is 9. The van der Waals surface area contributed by atoms with Crippen LogP contribution in [0.25, 0.3) is 0 Å². The molecular formula is C16H20N4O4+2. The molecule has 0 amide bonds. The largest absolute Gasteiger partial charge is 0.411 e. The molecule has 24 heavy (non-hydrogen) atoms. The Morgan fingerprint density at radius 3 is 1.67 bits per heavy atom. The molecule has 2 rings (SSSR count). The van der Waals surface area contributed by atoms with Crippen molar-refractivity contribution in [1.29, 1.82) is 0 Å². The number of ether oxygens (including phenoxy) is 2. The molecule has 0 aliphatic rings. The van der Waals surface area contributed by atoms with Crippen LogP contribution in [0.2, 0.25) is 0 Å². The molecule has 0 radical (unpaired) electrons. The molecule has 2 aromatic heterocycles. The molecule has 0 unspecified atom stereocenters. The Morgan fingerprint density at radius 1 is 0.792 bits per heavy atom. The highest BCUT2D eigenvalue weighted by atomic mass is 16.5. The van der Waals surface area contributed by atoms with Gasteiger partial charge >= 0.3 is 0 Å². The lowest BCUT2D eigenvalue weighted by molar-refractivity contribution is -0.738. The van der Waals surface area contributed by atoms with Crippen molar-refractivity contribution in [2.24, 2.45) is 10.3 Å². The lowest BCUT2D eigenvalue weighted by atomic mass is 10.3. The van der Waals surface area contributed by atoms with Gasteiger partial charge < -0.3 is 19.9 Å². The maximum Gasteiger partial charge on any atom is 0.253 e. The van der Waals surface area contributed by atoms with E-state index < -0.39 is 0 Å². The Bertz CT molecular complexity index is 632. The molecule has 8 heteroatoms. The minimum Gasteiger partial charge on any atom is -0.411 e. The number of oxime groups is 2. The van der Waals surface area contributed by atoms with Crippen molar-refractivity contribution >= 4 is 12.4 Å². The van der Waals surface area contributed by atoms with E-state index in [9.17, 15) is 0 Å². The third-order valence-corrected chi connectivity index (χ3v) is 3.16. The van der Waals surface area contributed by atoms with Gasteiger partial charge in [0.1, 0.15) is 12.4 Å². The zero-order valence-corrected chi connectivity index (χ0v) is 13.1. The second-order valence-electron chi connectivity index (χ2n) is 4.75. The van der Waals surface area contributed by atoms with Crippen LogP contribution in [0, 0.1) is 0 Å². The molecule has 0 spiro atoms. The van der Waals surface area contributed by atoms with Gasteiger partial charge in [0, 0.05) is 24.3 Å². The molecular weight excluding hydrogens is 312 g/mol. The molecule has 0 bridgehead atoms. The van der Waals surface area contributed by atoms with E-state index in [-0.39, 0.29) is 0 Å². The van der Waals surface area contributed by atoms with Crippen molar-refractivity contribution in [3.05, 3.63) is 60.2 Å². The summed E-state index contributed by atoms with van der Waals surface area (Å²) in [4.78, 5) is 0. The Morgan fingerprint density at radius 2 is 1.25 bits per heavy atom. The van der Waals surface area contributed by atoms with Crippen LogP contribution in [-0.2, 0) is 22.9 Å². The summed E-state index contributed by atoms with van der Waals surface area (Å²) in [6.45, 7) is 1.47. The van der Waals surface area contributed by atoms with Gasteiger partial charge in [-0.2, -0.15) is 9.13 Å². The number of hydrogen-bond acceptors (Lipinski definition) is 6. The minimum atomic E-state index is 0.326. The minimum absolute atomic E-state index is 0.326. The average molecular weight is 332 g/mol. The van der Waals surface area contributed by atoms with Crippen LogP contribution in [0.1, 0.15) is 11.4 Å². The van der Waals surface area contributed by atoms with E-state index in [0.717, 1.165) is 11.4 Å². The summed E-state index contributed by atoms with van der Waals surface area (Å²) in [5.74, 6) is 0. The molecule has 2 heterocycles. The number of hydrogen-bond donors (Lipinski definition) is 2. The molecule has 0 aromatic carbocycles. The maximum absolute atomic E-state index is 8.62. The first-order chi connectivity index (χ1) is 11.8. The van der Waals surface area contributed by atoms with Gasteiger partial charge in [0.05, 0.1) is 13.2 Å². The lowest BCUT2D eigenvalue weighted by Gasteiger charge is -2.04. The number of pyridine rings is 2. The van der Waals surface area contributed by atoms with E-state index in [1.807, 2.05) is 57.9 Å². The third kappa shape index (κ3) is 5.41. The van der Waals surface area contributed by atoms with Gasteiger partial charge in [-0.25, -0.2) is 0 Å². The van der Waals surface area contributed by atoms with Gasteiger partial charge in [0.15, 0.2) is 12.4 Å². The Labute approximate surface area is 139 Å². The first-order valence-electron chi connectivity index (χ1n) is 7.32. The van der Waals surface area contributed by atoms with E-state index in [0.29, 0.717) is 26.7 Å². The molecule has 0 saturated heterocycles. The van der Waals surface area contributed by atoms with Crippen molar-refractivity contribution < 1.29 is 29.0 Å². The molecule has 0 fully saturated rings. The molecule has 0 saturated carbocycles. The van der Waals surface area contributed by atoms with Crippen LogP contribution in [0.5, 0.6) is 0 Å². The van der Waals surface area contributed by atoms with Gasteiger partial charge in [0.2, 0.25) is 11.4 Å². The smallest absolute Gasteiger partial charge is 0.253 e. The van der Waals surface area contributed by atoms with Crippen molar-refractivity contribution in [2.75, 3.05) is 13.2 Å². The topological polar surface area (TPSA) is 91.4 Å². The van der Waals surface area contributed by atoms with Gasteiger partial charge in [-0.05, 0) is 12.1 Å². The fraction of sp³-hybridized carbons (Fsp3) is 0.250. The van der Waals surface area contributed by atoms with Crippen molar-refractivity contribution in [1.82, 2.24) is 0 Å². The standard InChI is InChI=1S/C16H18N4O4/c21-17-11-15-5-1-3-7-19(15)13-23-9-10-24-14-20-8-4-2-6-16(20)12-18-22/h1-8,11-12H,9-10,13-14H2/p+2. The maximum atomic E-state index is 8.62. The monoisotopic (exact) mass is 332 g/mol. The summed E-state index contributed by atoms with van der Waals surface area (Å²) in [6.07, 6.45) is 6.35. The zero-order chi connectivity index (χ0) is 17.0. The van der Waals surface area contributed by atoms with E-state index >= 15 is 0 Å². The SMILES string of the molecule is O/N=C\c1cccc[n+]1COCCOC[n+]1ccccc1/C=N/O.